The number of aromatic nitrogens is 1. The summed E-state index contributed by atoms with van der Waals surface area (Å²) in [7, 11) is 0. The maximum absolute atomic E-state index is 13.3. The molecule has 3 aromatic rings. The molecule has 1 aromatic heterocycles. The number of halogens is 5. The van der Waals surface area contributed by atoms with Crippen LogP contribution < -0.4 is 4.90 Å². The topological polar surface area (TPSA) is 39.7 Å². The molecule has 0 unspecified atom stereocenters. The van der Waals surface area contributed by atoms with Crippen molar-refractivity contribution in [2.24, 2.45) is 0 Å². The normalized spacial score (nSPS) is 17.7. The molecule has 0 aliphatic carbocycles. The molecule has 2 saturated heterocycles. The van der Waals surface area contributed by atoms with Gasteiger partial charge in [-0.25, -0.2) is 9.37 Å². The number of carbonyl (C=O) groups excluding carboxylic acids is 1. The van der Waals surface area contributed by atoms with Crippen LogP contribution in [0.25, 0.3) is 0 Å². The lowest BCUT2D eigenvalue weighted by atomic mass is 9.97. The molecule has 1 amide bonds. The molecule has 2 fully saturated rings. The smallest absolute Gasteiger partial charge is 0.368 e. The van der Waals surface area contributed by atoms with Crippen LogP contribution in [0.15, 0.2) is 47.8 Å². The average molecular weight is 567 g/mol. The van der Waals surface area contributed by atoms with Crippen molar-refractivity contribution in [1.82, 2.24) is 14.8 Å². The second kappa shape index (κ2) is 11.2. The van der Waals surface area contributed by atoms with Gasteiger partial charge in [0.25, 0.3) is 5.91 Å². The Labute approximate surface area is 227 Å². The highest BCUT2D eigenvalue weighted by Gasteiger charge is 2.32. The van der Waals surface area contributed by atoms with Gasteiger partial charge in [0.05, 0.1) is 10.6 Å². The molecule has 0 radical (unpaired) electrons. The second-order valence-electron chi connectivity index (χ2n) is 9.68. The van der Waals surface area contributed by atoms with Crippen molar-refractivity contribution >= 4 is 34.5 Å². The maximum Gasteiger partial charge on any atom is 0.416 e. The van der Waals surface area contributed by atoms with Crippen molar-refractivity contribution in [2.75, 3.05) is 44.2 Å². The Morgan fingerprint density at radius 1 is 1.03 bits per heavy atom. The first-order valence-electron chi connectivity index (χ1n) is 12.5. The van der Waals surface area contributed by atoms with E-state index in [9.17, 15) is 22.4 Å². The molecule has 0 spiro atoms. The van der Waals surface area contributed by atoms with Gasteiger partial charge >= 0.3 is 6.18 Å². The summed E-state index contributed by atoms with van der Waals surface area (Å²) in [6.45, 7) is 4.15. The zero-order valence-electron chi connectivity index (χ0n) is 20.6. The van der Waals surface area contributed by atoms with Crippen LogP contribution in [0.1, 0.15) is 45.4 Å². The van der Waals surface area contributed by atoms with E-state index in [4.69, 9.17) is 11.6 Å². The standard InChI is InChI=1S/C27H27ClF4N4OS/c28-23-15-21(29)5-4-19(23)16-34-8-6-18(7-9-34)25-33-24(17-38-25)26(37)36-12-10-35(11-13-36)22-3-1-2-20(14-22)27(30,31)32/h1-5,14-15,17-18H,6-13,16H2. The van der Waals surface area contributed by atoms with Gasteiger partial charge in [-0.05, 0) is 61.8 Å². The fourth-order valence-electron chi connectivity index (χ4n) is 5.01. The van der Waals surface area contributed by atoms with Gasteiger partial charge in [-0.3, -0.25) is 9.69 Å². The SMILES string of the molecule is O=C(c1csc(C2CCN(Cc3ccc(F)cc3Cl)CC2)n1)N1CCN(c2cccc(C(F)(F)F)c2)CC1. The highest BCUT2D eigenvalue weighted by Crippen LogP contribution is 2.33. The van der Waals surface area contributed by atoms with Crippen LogP contribution in [0.5, 0.6) is 0 Å². The van der Waals surface area contributed by atoms with E-state index in [0.717, 1.165) is 48.6 Å². The first kappa shape index (κ1) is 26.9. The van der Waals surface area contributed by atoms with Gasteiger partial charge in [-0.2, -0.15) is 13.2 Å². The molecule has 2 aliphatic heterocycles. The minimum absolute atomic E-state index is 0.139. The summed E-state index contributed by atoms with van der Waals surface area (Å²) in [5, 5.41) is 3.20. The van der Waals surface area contributed by atoms with E-state index in [2.05, 4.69) is 9.88 Å². The number of hydrogen-bond acceptors (Lipinski definition) is 5. The monoisotopic (exact) mass is 566 g/mol. The van der Waals surface area contributed by atoms with E-state index >= 15 is 0 Å². The molecule has 0 bridgehead atoms. The molecule has 2 aliphatic rings. The lowest BCUT2D eigenvalue weighted by Gasteiger charge is -2.36. The van der Waals surface area contributed by atoms with Gasteiger partial charge in [0, 0.05) is 54.7 Å². The number of alkyl halides is 3. The van der Waals surface area contributed by atoms with Crippen molar-refractivity contribution in [3.8, 4) is 0 Å². The lowest BCUT2D eigenvalue weighted by Crippen LogP contribution is -2.49. The summed E-state index contributed by atoms with van der Waals surface area (Å²) in [6.07, 6.45) is -2.56. The number of nitrogens with zero attached hydrogens (tertiary/aromatic N) is 4. The van der Waals surface area contributed by atoms with Crippen LogP contribution in [0.4, 0.5) is 23.2 Å². The molecule has 0 N–H and O–H groups in total. The molecule has 5 rings (SSSR count). The van der Waals surface area contributed by atoms with Crippen molar-refractivity contribution in [3.05, 3.63) is 80.5 Å². The fraction of sp³-hybridized carbons (Fsp3) is 0.407. The van der Waals surface area contributed by atoms with Crippen LogP contribution in [0.2, 0.25) is 5.02 Å². The third-order valence-electron chi connectivity index (χ3n) is 7.19. The fourth-order valence-corrected chi connectivity index (χ4v) is 6.20. The average Bonchev–Trinajstić information content (AvgIpc) is 3.40. The van der Waals surface area contributed by atoms with Crippen LogP contribution in [0.3, 0.4) is 0 Å². The number of amides is 1. The van der Waals surface area contributed by atoms with Gasteiger partial charge in [0.1, 0.15) is 11.5 Å². The number of hydrogen-bond donors (Lipinski definition) is 0. The largest absolute Gasteiger partial charge is 0.416 e. The van der Waals surface area contributed by atoms with Crippen molar-refractivity contribution < 1.29 is 22.4 Å². The number of likely N-dealkylation sites (tertiary alicyclic amines) is 1. The molecule has 0 saturated carbocycles. The minimum Gasteiger partial charge on any atom is -0.368 e. The molecule has 2 aromatic carbocycles. The molecular weight excluding hydrogens is 540 g/mol. The minimum atomic E-state index is -4.39. The van der Waals surface area contributed by atoms with Crippen molar-refractivity contribution in [1.29, 1.82) is 0 Å². The quantitative estimate of drug-likeness (QED) is 0.340. The maximum atomic E-state index is 13.3. The number of thiazole rings is 1. The van der Waals surface area contributed by atoms with E-state index in [1.54, 1.807) is 17.0 Å². The summed E-state index contributed by atoms with van der Waals surface area (Å²) in [6, 6.07) is 9.78. The summed E-state index contributed by atoms with van der Waals surface area (Å²) >= 11 is 7.68. The number of carbonyl (C=O) groups is 1. The molecule has 3 heterocycles. The predicted octanol–water partition coefficient (Wildman–Crippen LogP) is 6.30. The zero-order valence-corrected chi connectivity index (χ0v) is 22.1. The Morgan fingerprint density at radius 3 is 2.45 bits per heavy atom. The van der Waals surface area contributed by atoms with Crippen molar-refractivity contribution in [3.63, 3.8) is 0 Å². The molecule has 0 atom stereocenters. The van der Waals surface area contributed by atoms with Crippen LogP contribution in [0, 0.1) is 5.82 Å². The molecule has 202 valence electrons. The van der Waals surface area contributed by atoms with Gasteiger partial charge in [-0.15, -0.1) is 11.3 Å². The summed E-state index contributed by atoms with van der Waals surface area (Å²) in [5.41, 5.74) is 1.17. The second-order valence-corrected chi connectivity index (χ2v) is 11.0. The number of piperidine rings is 1. The Balaban J connectivity index is 1.13. The van der Waals surface area contributed by atoms with Crippen molar-refractivity contribution in [2.45, 2.75) is 31.5 Å². The number of benzene rings is 2. The lowest BCUT2D eigenvalue weighted by molar-refractivity contribution is -0.137. The Kier molecular flexibility index (Phi) is 7.93. The number of rotatable bonds is 5. The Hall–Kier alpha value is -2.69. The van der Waals surface area contributed by atoms with E-state index in [-0.39, 0.29) is 17.6 Å². The van der Waals surface area contributed by atoms with Gasteiger partial charge in [0.15, 0.2) is 0 Å². The number of anilines is 1. The van der Waals surface area contributed by atoms with Crippen LogP contribution >= 0.6 is 22.9 Å². The summed E-state index contributed by atoms with van der Waals surface area (Å²) < 4.78 is 52.5. The third-order valence-corrected chi connectivity index (χ3v) is 8.55. The third kappa shape index (κ3) is 6.13. The Morgan fingerprint density at radius 2 is 1.76 bits per heavy atom. The highest BCUT2D eigenvalue weighted by atomic mass is 35.5. The molecule has 11 heteroatoms. The van der Waals surface area contributed by atoms with E-state index in [1.165, 1.54) is 29.5 Å². The Bertz CT molecular complexity index is 1280. The first-order chi connectivity index (χ1) is 18.2. The predicted molar refractivity (Wildman–Crippen MR) is 140 cm³/mol. The summed E-state index contributed by atoms with van der Waals surface area (Å²) in [4.78, 5) is 23.6. The molecule has 5 nitrogen and oxygen atoms in total. The summed E-state index contributed by atoms with van der Waals surface area (Å²) in [5.74, 6) is -0.206. The zero-order chi connectivity index (χ0) is 26.9. The molecular formula is C27H27ClF4N4OS. The molecule has 38 heavy (non-hydrogen) atoms. The van der Waals surface area contributed by atoms with E-state index < -0.39 is 11.7 Å². The van der Waals surface area contributed by atoms with Gasteiger partial charge in [-0.1, -0.05) is 23.7 Å². The number of piperazine rings is 1. The first-order valence-corrected chi connectivity index (χ1v) is 13.8. The van der Waals surface area contributed by atoms with Gasteiger partial charge < -0.3 is 9.80 Å². The van der Waals surface area contributed by atoms with Crippen LogP contribution in [-0.2, 0) is 12.7 Å². The van der Waals surface area contributed by atoms with E-state index in [0.29, 0.717) is 49.1 Å². The van der Waals surface area contributed by atoms with E-state index in [1.807, 2.05) is 10.3 Å². The highest BCUT2D eigenvalue weighted by molar-refractivity contribution is 7.09. The van der Waals surface area contributed by atoms with Crippen LogP contribution in [-0.4, -0.2) is 60.0 Å². The van der Waals surface area contributed by atoms with Gasteiger partial charge in [0.2, 0.25) is 0 Å².